The second kappa shape index (κ2) is 10.6. The average molecular weight is 412 g/mol. The van der Waals surface area contributed by atoms with Gasteiger partial charge in [-0.15, -0.1) is 0 Å². The molecule has 0 bridgehead atoms. The van der Waals surface area contributed by atoms with E-state index < -0.39 is 0 Å². The zero-order valence-corrected chi connectivity index (χ0v) is 19.6. The van der Waals surface area contributed by atoms with Crippen molar-refractivity contribution in [1.29, 1.82) is 0 Å². The highest BCUT2D eigenvalue weighted by molar-refractivity contribution is 6.33. The SMILES string of the molecule is CCCC(C)=NCC(C)C(=Nc1c(C)cccc1Cl)Nc1cc(C)c(C)cc1C. The third-order valence-corrected chi connectivity index (χ3v) is 5.54. The van der Waals surface area contributed by atoms with E-state index in [1.54, 1.807) is 0 Å². The highest BCUT2D eigenvalue weighted by Gasteiger charge is 2.15. The molecule has 0 aliphatic carbocycles. The standard InChI is InChI=1S/C25H34ClN3/c1-8-10-21(7)27-15-20(6)25(29-24-16(2)11-9-12-22(24)26)28-23-14-18(4)17(3)13-19(23)5/h9,11-14,20H,8,10,15H2,1-7H3,(H,28,29). The van der Waals surface area contributed by atoms with Gasteiger partial charge in [-0.1, -0.05) is 50.1 Å². The van der Waals surface area contributed by atoms with Crippen LogP contribution in [0.15, 0.2) is 40.3 Å². The summed E-state index contributed by atoms with van der Waals surface area (Å²) in [6.07, 6.45) is 2.15. The second-order valence-corrected chi connectivity index (χ2v) is 8.41. The van der Waals surface area contributed by atoms with Crippen LogP contribution in [0, 0.1) is 33.6 Å². The highest BCUT2D eigenvalue weighted by Crippen LogP contribution is 2.30. The van der Waals surface area contributed by atoms with Crippen LogP contribution < -0.4 is 5.32 Å². The van der Waals surface area contributed by atoms with Crippen LogP contribution in [0.2, 0.25) is 5.02 Å². The Morgan fingerprint density at radius 1 is 1.03 bits per heavy atom. The van der Waals surface area contributed by atoms with Crippen molar-refractivity contribution in [3.63, 3.8) is 0 Å². The van der Waals surface area contributed by atoms with E-state index in [4.69, 9.17) is 21.6 Å². The number of rotatable bonds is 7. The van der Waals surface area contributed by atoms with E-state index in [0.29, 0.717) is 11.6 Å². The molecule has 2 aromatic rings. The minimum atomic E-state index is 0.137. The minimum absolute atomic E-state index is 0.137. The van der Waals surface area contributed by atoms with Crippen LogP contribution in [0.25, 0.3) is 0 Å². The number of halogens is 1. The number of hydrogen-bond donors (Lipinski definition) is 1. The van der Waals surface area contributed by atoms with E-state index in [1.165, 1.54) is 22.4 Å². The number of amidine groups is 1. The van der Waals surface area contributed by atoms with Crippen LogP contribution in [0.4, 0.5) is 11.4 Å². The largest absolute Gasteiger partial charge is 0.343 e. The molecule has 0 radical (unpaired) electrons. The normalized spacial score (nSPS) is 13.5. The van der Waals surface area contributed by atoms with Crippen molar-refractivity contribution >= 4 is 34.5 Å². The van der Waals surface area contributed by atoms with Crippen LogP contribution in [-0.2, 0) is 0 Å². The summed E-state index contributed by atoms with van der Waals surface area (Å²) in [5.41, 5.74) is 7.91. The molecule has 0 fully saturated rings. The van der Waals surface area contributed by atoms with Crippen molar-refractivity contribution in [2.45, 2.75) is 61.3 Å². The Bertz CT molecular complexity index is 892. The predicted octanol–water partition coefficient (Wildman–Crippen LogP) is 7.61. The topological polar surface area (TPSA) is 36.8 Å². The molecule has 0 aliphatic rings. The van der Waals surface area contributed by atoms with Gasteiger partial charge in [-0.2, -0.15) is 0 Å². The molecule has 1 unspecified atom stereocenters. The molecule has 1 atom stereocenters. The maximum absolute atomic E-state index is 6.46. The Hall–Kier alpha value is -2.13. The lowest BCUT2D eigenvalue weighted by molar-refractivity contribution is 0.776. The predicted molar refractivity (Wildman–Crippen MR) is 130 cm³/mol. The molecule has 0 saturated heterocycles. The summed E-state index contributed by atoms with van der Waals surface area (Å²) in [5.74, 6) is 1.03. The number of hydrogen-bond acceptors (Lipinski definition) is 2. The molecule has 156 valence electrons. The number of aliphatic imine (C=N–C) groups is 2. The van der Waals surface area contributed by atoms with Gasteiger partial charge in [0.05, 0.1) is 10.7 Å². The van der Waals surface area contributed by atoms with E-state index in [-0.39, 0.29) is 5.92 Å². The highest BCUT2D eigenvalue weighted by atomic mass is 35.5. The number of para-hydroxylation sites is 1. The first-order chi connectivity index (χ1) is 13.7. The van der Waals surface area contributed by atoms with Crippen molar-refractivity contribution in [3.8, 4) is 0 Å². The van der Waals surface area contributed by atoms with E-state index in [2.05, 4.69) is 59.0 Å². The fourth-order valence-corrected chi connectivity index (χ4v) is 3.46. The number of benzene rings is 2. The molecule has 1 N–H and O–H groups in total. The van der Waals surface area contributed by atoms with Crippen LogP contribution in [0.3, 0.4) is 0 Å². The van der Waals surface area contributed by atoms with Gasteiger partial charge in [0.1, 0.15) is 5.84 Å². The lowest BCUT2D eigenvalue weighted by Gasteiger charge is -2.19. The first kappa shape index (κ1) is 23.2. The fraction of sp³-hybridized carbons (Fsp3) is 0.440. The number of nitrogens with zero attached hydrogens (tertiary/aromatic N) is 2. The zero-order valence-electron chi connectivity index (χ0n) is 18.9. The Labute approximate surface area is 181 Å². The fourth-order valence-electron chi connectivity index (χ4n) is 3.20. The van der Waals surface area contributed by atoms with Gasteiger partial charge in [-0.25, -0.2) is 4.99 Å². The molecule has 2 aromatic carbocycles. The third-order valence-electron chi connectivity index (χ3n) is 5.24. The Balaban J connectivity index is 2.44. The first-order valence-corrected chi connectivity index (χ1v) is 10.8. The minimum Gasteiger partial charge on any atom is -0.343 e. The summed E-state index contributed by atoms with van der Waals surface area (Å²) in [7, 11) is 0. The van der Waals surface area contributed by atoms with E-state index >= 15 is 0 Å². The van der Waals surface area contributed by atoms with Crippen molar-refractivity contribution in [2.24, 2.45) is 15.9 Å². The van der Waals surface area contributed by atoms with Gasteiger partial charge >= 0.3 is 0 Å². The monoisotopic (exact) mass is 411 g/mol. The quantitative estimate of drug-likeness (QED) is 0.369. The van der Waals surface area contributed by atoms with Crippen molar-refractivity contribution in [2.75, 3.05) is 11.9 Å². The third kappa shape index (κ3) is 6.43. The van der Waals surface area contributed by atoms with Crippen molar-refractivity contribution in [1.82, 2.24) is 0 Å². The smallest absolute Gasteiger partial charge is 0.111 e. The van der Waals surface area contributed by atoms with Gasteiger partial charge < -0.3 is 5.32 Å². The van der Waals surface area contributed by atoms with Crippen LogP contribution >= 0.6 is 11.6 Å². The Morgan fingerprint density at radius 2 is 1.72 bits per heavy atom. The van der Waals surface area contributed by atoms with Gasteiger partial charge in [0, 0.05) is 23.9 Å². The molecule has 0 spiro atoms. The molecule has 0 saturated carbocycles. The lowest BCUT2D eigenvalue weighted by Crippen LogP contribution is -2.24. The van der Waals surface area contributed by atoms with Crippen LogP contribution in [0.1, 0.15) is 55.9 Å². The molecule has 0 heterocycles. The number of aryl methyl sites for hydroxylation is 4. The lowest BCUT2D eigenvalue weighted by atomic mass is 10.0. The zero-order chi connectivity index (χ0) is 21.6. The van der Waals surface area contributed by atoms with E-state index in [0.717, 1.165) is 35.6 Å². The van der Waals surface area contributed by atoms with Crippen LogP contribution in [0.5, 0.6) is 0 Å². The summed E-state index contributed by atoms with van der Waals surface area (Å²) in [4.78, 5) is 9.75. The molecule has 0 aromatic heterocycles. The van der Waals surface area contributed by atoms with Crippen molar-refractivity contribution < 1.29 is 0 Å². The van der Waals surface area contributed by atoms with Gasteiger partial charge in [0.15, 0.2) is 0 Å². The number of nitrogens with one attached hydrogen (secondary N) is 1. The summed E-state index contributed by atoms with van der Waals surface area (Å²) in [6.45, 7) is 15.6. The summed E-state index contributed by atoms with van der Waals surface area (Å²) in [5, 5.41) is 4.26. The molecule has 0 aliphatic heterocycles. The molecule has 0 amide bonds. The average Bonchev–Trinajstić information content (AvgIpc) is 2.66. The van der Waals surface area contributed by atoms with Gasteiger partial charge in [-0.05, 0) is 75.4 Å². The molecular formula is C25H34ClN3. The molecule has 3 nitrogen and oxygen atoms in total. The van der Waals surface area contributed by atoms with Gasteiger partial charge in [0.2, 0.25) is 0 Å². The summed E-state index contributed by atoms with van der Waals surface area (Å²) < 4.78 is 0. The Kier molecular flexibility index (Phi) is 8.45. The molecule has 2 rings (SSSR count). The van der Waals surface area contributed by atoms with Gasteiger partial charge in [-0.3, -0.25) is 4.99 Å². The molecular weight excluding hydrogens is 378 g/mol. The second-order valence-electron chi connectivity index (χ2n) is 8.01. The first-order valence-electron chi connectivity index (χ1n) is 10.4. The molecule has 29 heavy (non-hydrogen) atoms. The maximum atomic E-state index is 6.46. The van der Waals surface area contributed by atoms with Crippen LogP contribution in [-0.4, -0.2) is 18.1 Å². The van der Waals surface area contributed by atoms with E-state index in [1.807, 2.05) is 25.1 Å². The maximum Gasteiger partial charge on any atom is 0.111 e. The summed E-state index contributed by atoms with van der Waals surface area (Å²) in [6, 6.07) is 10.3. The number of anilines is 1. The van der Waals surface area contributed by atoms with Gasteiger partial charge in [0.25, 0.3) is 0 Å². The van der Waals surface area contributed by atoms with E-state index in [9.17, 15) is 0 Å². The van der Waals surface area contributed by atoms with Crippen molar-refractivity contribution in [3.05, 3.63) is 57.6 Å². The Morgan fingerprint density at radius 3 is 2.38 bits per heavy atom. The summed E-state index contributed by atoms with van der Waals surface area (Å²) >= 11 is 6.46. The molecule has 4 heteroatoms.